The number of benzene rings is 4. The van der Waals surface area contributed by atoms with E-state index < -0.39 is 77.1 Å². The van der Waals surface area contributed by atoms with E-state index in [-0.39, 0.29) is 50.4 Å². The summed E-state index contributed by atoms with van der Waals surface area (Å²) in [6.07, 6.45) is -0.215. The first-order chi connectivity index (χ1) is 31.6. The fraction of sp³-hybridized carbons (Fsp3) is 0.392. The molecular weight excluding hydrogens is 845 g/mol. The normalized spacial score (nSPS) is 24.5. The van der Waals surface area contributed by atoms with E-state index in [9.17, 15) is 24.3 Å². The molecule has 0 spiro atoms. The first-order valence-corrected chi connectivity index (χ1v) is 22.2. The van der Waals surface area contributed by atoms with Crippen molar-refractivity contribution in [3.63, 3.8) is 0 Å². The van der Waals surface area contributed by atoms with Crippen LogP contribution in [0.3, 0.4) is 0 Å². The maximum absolute atomic E-state index is 15.2. The molecule has 2 bridgehead atoms. The molecule has 0 radical (unpaired) electrons. The Balaban J connectivity index is 1.09. The van der Waals surface area contributed by atoms with E-state index in [1.54, 1.807) is 65.2 Å². The van der Waals surface area contributed by atoms with Crippen LogP contribution in [0.15, 0.2) is 115 Å². The lowest BCUT2D eigenvalue weighted by molar-refractivity contribution is -0.213. The summed E-state index contributed by atoms with van der Waals surface area (Å²) in [5, 5.41) is 17.4. The molecule has 15 nitrogen and oxygen atoms in total. The van der Waals surface area contributed by atoms with Crippen LogP contribution < -0.4 is 10.6 Å². The Hall–Kier alpha value is -6.23. The molecule has 346 valence electrons. The van der Waals surface area contributed by atoms with Gasteiger partial charge in [0.05, 0.1) is 19.2 Å². The van der Waals surface area contributed by atoms with E-state index in [1.807, 2.05) is 84.9 Å². The molecule has 4 aromatic carbocycles. The van der Waals surface area contributed by atoms with Crippen LogP contribution in [0.1, 0.15) is 78.2 Å². The van der Waals surface area contributed by atoms with Gasteiger partial charge >= 0.3 is 11.9 Å². The van der Waals surface area contributed by atoms with Crippen molar-refractivity contribution in [2.24, 2.45) is 5.41 Å². The summed E-state index contributed by atoms with van der Waals surface area (Å²) in [5.41, 5.74) is 1.55. The third kappa shape index (κ3) is 9.26. The zero-order valence-corrected chi connectivity index (χ0v) is 37.7. The van der Waals surface area contributed by atoms with Crippen molar-refractivity contribution in [3.05, 3.63) is 149 Å². The van der Waals surface area contributed by atoms with Gasteiger partial charge in [0.15, 0.2) is 6.04 Å². The zero-order valence-electron chi connectivity index (χ0n) is 37.7. The van der Waals surface area contributed by atoms with Gasteiger partial charge in [-0.05, 0) is 62.1 Å². The molecule has 3 aliphatic heterocycles. The molecule has 15 heteroatoms. The fourth-order valence-corrected chi connectivity index (χ4v) is 9.34. The lowest BCUT2D eigenvalue weighted by Gasteiger charge is -2.48. The molecule has 4 fully saturated rings. The number of carbonyl (C=O) groups excluding carboxylic acids is 5. The van der Waals surface area contributed by atoms with Crippen molar-refractivity contribution >= 4 is 35.7 Å². The Bertz CT molecular complexity index is 2430. The Labute approximate surface area is 383 Å². The topological polar surface area (TPSA) is 182 Å². The van der Waals surface area contributed by atoms with E-state index in [2.05, 4.69) is 10.6 Å². The minimum absolute atomic E-state index is 0.00767. The Morgan fingerprint density at radius 3 is 2.24 bits per heavy atom. The molecule has 8 rings (SSSR count). The molecular formula is C51H56N4O11. The molecule has 3 N–H and O–H groups in total. The van der Waals surface area contributed by atoms with E-state index in [0.29, 0.717) is 16.7 Å². The number of likely N-dealkylation sites (N-methyl/N-ethyl adjacent to an activating group) is 1. The minimum Gasteiger partial charge on any atom is -0.460 e. The van der Waals surface area contributed by atoms with Crippen molar-refractivity contribution in [1.82, 2.24) is 20.6 Å². The number of carbonyl (C=O) groups is 5. The monoisotopic (exact) mass is 900 g/mol. The van der Waals surface area contributed by atoms with E-state index in [1.165, 1.54) is 16.0 Å². The molecule has 7 atom stereocenters. The summed E-state index contributed by atoms with van der Waals surface area (Å²) in [5.74, 6) is -3.66. The summed E-state index contributed by atoms with van der Waals surface area (Å²) in [4.78, 5) is 76.3. The number of hydrogen-bond acceptors (Lipinski definition) is 12. The number of esters is 2. The first kappa shape index (κ1) is 46.3. The quantitative estimate of drug-likeness (QED) is 0.110. The van der Waals surface area contributed by atoms with Gasteiger partial charge in [0, 0.05) is 56.2 Å². The largest absolute Gasteiger partial charge is 0.460 e. The van der Waals surface area contributed by atoms with Gasteiger partial charge in [0.2, 0.25) is 17.6 Å². The zero-order chi connectivity index (χ0) is 46.8. The van der Waals surface area contributed by atoms with E-state index in [4.69, 9.17) is 23.8 Å². The molecule has 4 aliphatic rings. The van der Waals surface area contributed by atoms with Crippen molar-refractivity contribution in [1.29, 1.82) is 0 Å². The van der Waals surface area contributed by atoms with Gasteiger partial charge < -0.3 is 39.6 Å². The van der Waals surface area contributed by atoms with Gasteiger partial charge in [-0.1, -0.05) is 97.1 Å². The predicted octanol–water partition coefficient (Wildman–Crippen LogP) is 4.80. The third-order valence-electron chi connectivity index (χ3n) is 12.4. The highest BCUT2D eigenvalue weighted by Crippen LogP contribution is 2.59. The summed E-state index contributed by atoms with van der Waals surface area (Å²) in [7, 11) is 3.33. The second-order valence-corrected chi connectivity index (χ2v) is 18.4. The average Bonchev–Trinajstić information content (AvgIpc) is 3.89. The minimum atomic E-state index is -1.53. The number of ether oxygens (including phenoxy) is 4. The number of amides is 3. The summed E-state index contributed by atoms with van der Waals surface area (Å²) < 4.78 is 25.7. The van der Waals surface area contributed by atoms with Crippen LogP contribution in [-0.2, 0) is 61.8 Å². The van der Waals surface area contributed by atoms with Crippen LogP contribution in [0.25, 0.3) is 6.08 Å². The summed E-state index contributed by atoms with van der Waals surface area (Å²) in [6.45, 7) is 4.95. The number of nitrogens with zero attached hydrogens (tertiary/aromatic N) is 2. The number of fused-ring (bicyclic) bond motifs is 4. The van der Waals surface area contributed by atoms with E-state index in [0.717, 1.165) is 11.1 Å². The molecule has 66 heavy (non-hydrogen) atoms. The number of hydrogen-bond donors (Lipinski definition) is 3. The lowest BCUT2D eigenvalue weighted by atomic mass is 9.62. The molecule has 1 saturated carbocycles. The highest BCUT2D eigenvalue weighted by atomic mass is 16.8. The van der Waals surface area contributed by atoms with Gasteiger partial charge in [-0.2, -0.15) is 5.06 Å². The molecule has 0 aromatic heterocycles. The Kier molecular flexibility index (Phi) is 13.3. The molecule has 1 aliphatic carbocycles. The number of nitrogens with one attached hydrogen (secondary N) is 2. The van der Waals surface area contributed by atoms with Crippen LogP contribution in [0.4, 0.5) is 0 Å². The molecule has 4 aromatic rings. The fourth-order valence-electron chi connectivity index (χ4n) is 9.34. The summed E-state index contributed by atoms with van der Waals surface area (Å²) >= 11 is 0. The van der Waals surface area contributed by atoms with Crippen molar-refractivity contribution in [3.8, 4) is 0 Å². The van der Waals surface area contributed by atoms with Crippen molar-refractivity contribution in [2.75, 3.05) is 20.7 Å². The third-order valence-corrected chi connectivity index (χ3v) is 12.4. The summed E-state index contributed by atoms with van der Waals surface area (Å²) in [6, 6.07) is 31.2. The maximum atomic E-state index is 15.2. The SMILES string of the molecule is CN(C)C(=O)C=Cc1ccccc1CN1O[C@@H]2[C@H]3OC(c4ccccc4)(c4ccccc4)O[C@H]3[C@H]3C[C@]2(C(=O)NCc2cccc(C(=O)N[C@H](CO)CCC(=O)OC(C)(C)C)c2)[C@@H]1C(=O)O3. The Morgan fingerprint density at radius 1 is 0.909 bits per heavy atom. The standard InChI is InChI=1S/C51H56N4O11/c1-49(2,3)63-41(58)26-24-38(31-56)53-46(59)34-18-14-15-32(27-34)29-52-48(61)50-28-39-42-43(65-51(64-42,36-19-8-6-9-20-36)37-21-10-7-11-22-37)45(50)66-55(44(50)47(60)62-39)30-35-17-13-12-16-33(35)23-25-40(57)54(4)5/h6-23,25,27,38-39,42-45,56H,24,26,28-31H2,1-5H3,(H,52,61)(H,53,59)/t38-,39+,42-,43-,44-,45+,50-/m0/s1. The van der Waals surface area contributed by atoms with Crippen LogP contribution in [-0.4, -0.2) is 108 Å². The second kappa shape index (κ2) is 18.9. The van der Waals surface area contributed by atoms with Gasteiger partial charge in [0.1, 0.15) is 35.4 Å². The molecule has 0 unspecified atom stereocenters. The lowest BCUT2D eigenvalue weighted by Crippen LogP contribution is -2.69. The number of hydroxylamine groups is 2. The highest BCUT2D eigenvalue weighted by Gasteiger charge is 2.76. The van der Waals surface area contributed by atoms with Crippen LogP contribution in [0, 0.1) is 5.41 Å². The number of aliphatic hydroxyl groups is 1. The Morgan fingerprint density at radius 2 is 1.58 bits per heavy atom. The molecule has 3 amide bonds. The average molecular weight is 901 g/mol. The maximum Gasteiger partial charge on any atom is 0.327 e. The van der Waals surface area contributed by atoms with Crippen molar-refractivity contribution < 1.29 is 52.9 Å². The van der Waals surface area contributed by atoms with Crippen LogP contribution in [0.2, 0.25) is 0 Å². The highest BCUT2D eigenvalue weighted by molar-refractivity contribution is 5.95. The predicted molar refractivity (Wildman–Crippen MR) is 240 cm³/mol. The number of aliphatic hydroxyl groups excluding tert-OH is 1. The van der Waals surface area contributed by atoms with Gasteiger partial charge in [0.25, 0.3) is 5.91 Å². The molecule has 3 heterocycles. The van der Waals surface area contributed by atoms with Crippen LogP contribution >= 0.6 is 0 Å². The van der Waals surface area contributed by atoms with E-state index >= 15 is 4.79 Å². The number of rotatable bonds is 15. The van der Waals surface area contributed by atoms with Gasteiger partial charge in [-0.3, -0.25) is 28.8 Å². The van der Waals surface area contributed by atoms with Crippen LogP contribution in [0.5, 0.6) is 0 Å². The second-order valence-electron chi connectivity index (χ2n) is 18.4. The van der Waals surface area contributed by atoms with Gasteiger partial charge in [-0.25, -0.2) is 0 Å². The first-order valence-electron chi connectivity index (χ1n) is 22.2. The smallest absolute Gasteiger partial charge is 0.327 e. The molecule has 3 saturated heterocycles. The van der Waals surface area contributed by atoms with Crippen molar-refractivity contribution in [2.45, 2.75) is 101 Å². The van der Waals surface area contributed by atoms with Gasteiger partial charge in [-0.15, -0.1) is 0 Å².